The summed E-state index contributed by atoms with van der Waals surface area (Å²) in [5, 5.41) is 6.01. The molecule has 3 amide bonds. The summed E-state index contributed by atoms with van der Waals surface area (Å²) in [6.45, 7) is 1.81. The summed E-state index contributed by atoms with van der Waals surface area (Å²) in [4.78, 5) is 39.4. The van der Waals surface area contributed by atoms with E-state index in [4.69, 9.17) is 23.2 Å². The molecule has 6 nitrogen and oxygen atoms in total. The number of imide groups is 1. The molecular weight excluding hydrogens is 529 g/mol. The molecule has 0 aliphatic carbocycles. The van der Waals surface area contributed by atoms with Gasteiger partial charge in [-0.2, -0.15) is 0 Å². The largest absolute Gasteiger partial charge is 0.349 e. The molecule has 33 heavy (non-hydrogen) atoms. The molecule has 3 aromatic carbocycles. The van der Waals surface area contributed by atoms with E-state index >= 15 is 0 Å². The first kappa shape index (κ1) is 23.0. The summed E-state index contributed by atoms with van der Waals surface area (Å²) >= 11 is 15.5. The smallest absolute Gasteiger partial charge is 0.283 e. The van der Waals surface area contributed by atoms with Crippen molar-refractivity contribution in [2.45, 2.75) is 6.92 Å². The second-order valence-electron chi connectivity index (χ2n) is 7.20. The van der Waals surface area contributed by atoms with Crippen molar-refractivity contribution in [2.24, 2.45) is 0 Å². The van der Waals surface area contributed by atoms with Gasteiger partial charge in [-0.05, 0) is 76.9 Å². The van der Waals surface area contributed by atoms with E-state index < -0.39 is 11.8 Å². The Morgan fingerprint density at radius 2 is 1.61 bits per heavy atom. The summed E-state index contributed by atoms with van der Waals surface area (Å²) < 4.78 is 0.748. The van der Waals surface area contributed by atoms with Crippen LogP contribution >= 0.6 is 39.1 Å². The van der Waals surface area contributed by atoms with Crippen LogP contribution in [0.5, 0.6) is 0 Å². The molecule has 3 aromatic rings. The Bertz CT molecular complexity index is 1320. The predicted octanol–water partition coefficient (Wildman–Crippen LogP) is 6.10. The molecule has 0 saturated carbocycles. The lowest BCUT2D eigenvalue weighted by Gasteiger charge is -2.16. The summed E-state index contributed by atoms with van der Waals surface area (Å²) in [6, 6.07) is 18.5. The summed E-state index contributed by atoms with van der Waals surface area (Å²) in [7, 11) is 0. The fourth-order valence-electron chi connectivity index (χ4n) is 3.23. The SMILES string of the molecule is Cc1ccc(C(=O)Nc2ccccc2Br)cc1NC1=C(Cl)C(=O)N(c2ccc(Cl)cc2)C1=O. The Morgan fingerprint density at radius 3 is 2.30 bits per heavy atom. The van der Waals surface area contributed by atoms with Crippen molar-refractivity contribution in [2.75, 3.05) is 15.5 Å². The highest BCUT2D eigenvalue weighted by atomic mass is 79.9. The van der Waals surface area contributed by atoms with E-state index in [2.05, 4.69) is 26.6 Å². The van der Waals surface area contributed by atoms with E-state index in [1.54, 1.807) is 48.5 Å². The van der Waals surface area contributed by atoms with Gasteiger partial charge in [-0.15, -0.1) is 0 Å². The van der Waals surface area contributed by atoms with E-state index in [-0.39, 0.29) is 16.6 Å². The van der Waals surface area contributed by atoms with Crippen molar-refractivity contribution >= 4 is 73.9 Å². The zero-order chi connectivity index (χ0) is 23.7. The van der Waals surface area contributed by atoms with E-state index in [0.717, 1.165) is 14.9 Å². The number of carbonyl (C=O) groups is 3. The molecule has 0 unspecified atom stereocenters. The molecule has 0 aromatic heterocycles. The third-order valence-electron chi connectivity index (χ3n) is 4.99. The topological polar surface area (TPSA) is 78.5 Å². The molecule has 9 heteroatoms. The minimum absolute atomic E-state index is 0.0666. The first-order chi connectivity index (χ1) is 15.8. The monoisotopic (exact) mass is 543 g/mol. The van der Waals surface area contributed by atoms with E-state index in [0.29, 0.717) is 27.6 Å². The van der Waals surface area contributed by atoms with E-state index in [1.807, 2.05) is 25.1 Å². The Kier molecular flexibility index (Phi) is 6.56. The second-order valence-corrected chi connectivity index (χ2v) is 8.87. The fraction of sp³-hybridized carbons (Fsp3) is 0.0417. The van der Waals surface area contributed by atoms with Gasteiger partial charge in [0.25, 0.3) is 17.7 Å². The lowest BCUT2D eigenvalue weighted by atomic mass is 10.1. The van der Waals surface area contributed by atoms with Crippen LogP contribution in [0.15, 0.2) is 81.9 Å². The van der Waals surface area contributed by atoms with Gasteiger partial charge in [0.05, 0.1) is 11.4 Å². The van der Waals surface area contributed by atoms with Gasteiger partial charge in [0.1, 0.15) is 10.7 Å². The molecule has 4 rings (SSSR count). The molecule has 0 spiro atoms. The maximum absolute atomic E-state index is 13.0. The first-order valence-electron chi connectivity index (χ1n) is 9.74. The van der Waals surface area contributed by atoms with Crippen molar-refractivity contribution < 1.29 is 14.4 Å². The number of rotatable bonds is 5. The maximum atomic E-state index is 13.0. The van der Waals surface area contributed by atoms with Gasteiger partial charge >= 0.3 is 0 Å². The van der Waals surface area contributed by atoms with Crippen molar-refractivity contribution in [3.63, 3.8) is 0 Å². The Morgan fingerprint density at radius 1 is 0.909 bits per heavy atom. The van der Waals surface area contributed by atoms with Crippen LogP contribution < -0.4 is 15.5 Å². The zero-order valence-corrected chi connectivity index (χ0v) is 20.3. The Hall–Kier alpha value is -3.13. The molecule has 1 heterocycles. The number of carbonyl (C=O) groups excluding carboxylic acids is 3. The quantitative estimate of drug-likeness (QED) is 0.380. The minimum Gasteiger partial charge on any atom is -0.349 e. The molecule has 1 aliphatic rings. The highest BCUT2D eigenvalue weighted by Crippen LogP contribution is 2.32. The second kappa shape index (κ2) is 9.39. The molecule has 0 fully saturated rings. The fourth-order valence-corrected chi connectivity index (χ4v) is 3.95. The van der Waals surface area contributed by atoms with Crippen molar-refractivity contribution in [3.8, 4) is 0 Å². The summed E-state index contributed by atoms with van der Waals surface area (Å²) in [5.41, 5.74) is 2.50. The minimum atomic E-state index is -0.646. The van der Waals surface area contributed by atoms with Crippen molar-refractivity contribution in [1.82, 2.24) is 0 Å². The number of halogens is 3. The van der Waals surface area contributed by atoms with Gasteiger partial charge in [-0.3, -0.25) is 14.4 Å². The van der Waals surface area contributed by atoms with Crippen LogP contribution in [-0.2, 0) is 9.59 Å². The normalized spacial score (nSPS) is 13.5. The van der Waals surface area contributed by atoms with Crippen LogP contribution in [0.1, 0.15) is 15.9 Å². The van der Waals surface area contributed by atoms with Crippen LogP contribution in [-0.4, -0.2) is 17.7 Å². The number of hydrogen-bond acceptors (Lipinski definition) is 4. The standard InChI is InChI=1S/C24H16BrCl2N3O3/c1-13-6-7-14(22(31)29-18-5-3-2-4-17(18)25)12-19(13)28-21-20(27)23(32)30(24(21)33)16-10-8-15(26)9-11-16/h2-12,28H,1H3,(H,29,31). The van der Waals surface area contributed by atoms with Crippen LogP contribution in [0.3, 0.4) is 0 Å². The molecule has 0 atom stereocenters. The molecule has 2 N–H and O–H groups in total. The van der Waals surface area contributed by atoms with E-state index in [9.17, 15) is 14.4 Å². The molecule has 0 bridgehead atoms. The predicted molar refractivity (Wildman–Crippen MR) is 134 cm³/mol. The number of aryl methyl sites for hydroxylation is 1. The average molecular weight is 545 g/mol. The highest BCUT2D eigenvalue weighted by molar-refractivity contribution is 9.10. The number of anilines is 3. The highest BCUT2D eigenvalue weighted by Gasteiger charge is 2.39. The average Bonchev–Trinajstić information content (AvgIpc) is 3.00. The molecule has 166 valence electrons. The van der Waals surface area contributed by atoms with Crippen LogP contribution in [0.25, 0.3) is 0 Å². The van der Waals surface area contributed by atoms with Crippen LogP contribution in [0.4, 0.5) is 17.1 Å². The van der Waals surface area contributed by atoms with Crippen molar-refractivity contribution in [1.29, 1.82) is 0 Å². The number of hydrogen-bond donors (Lipinski definition) is 2. The Labute approximate surface area is 208 Å². The van der Waals surface area contributed by atoms with Gasteiger partial charge in [-0.25, -0.2) is 4.90 Å². The summed E-state index contributed by atoms with van der Waals surface area (Å²) in [5.74, 6) is -1.58. The number of nitrogens with zero attached hydrogens (tertiary/aromatic N) is 1. The third-order valence-corrected chi connectivity index (χ3v) is 6.29. The number of benzene rings is 3. The number of nitrogens with one attached hydrogen (secondary N) is 2. The summed E-state index contributed by atoms with van der Waals surface area (Å²) in [6.07, 6.45) is 0. The molecular formula is C24H16BrCl2N3O3. The van der Waals surface area contributed by atoms with Crippen molar-refractivity contribution in [3.05, 3.63) is 98.1 Å². The number of para-hydroxylation sites is 1. The maximum Gasteiger partial charge on any atom is 0.283 e. The zero-order valence-electron chi connectivity index (χ0n) is 17.2. The van der Waals surface area contributed by atoms with Gasteiger partial charge in [-0.1, -0.05) is 41.4 Å². The molecule has 0 saturated heterocycles. The Balaban J connectivity index is 1.59. The van der Waals surface area contributed by atoms with Gasteiger partial charge in [0.2, 0.25) is 0 Å². The molecule has 1 aliphatic heterocycles. The molecule has 0 radical (unpaired) electrons. The van der Waals surface area contributed by atoms with E-state index in [1.165, 1.54) is 0 Å². The lowest BCUT2D eigenvalue weighted by Crippen LogP contribution is -2.32. The van der Waals surface area contributed by atoms with Crippen LogP contribution in [0.2, 0.25) is 5.02 Å². The lowest BCUT2D eigenvalue weighted by molar-refractivity contribution is -0.120. The number of amides is 3. The van der Waals surface area contributed by atoms with Gasteiger partial charge in [0, 0.05) is 20.7 Å². The third kappa shape index (κ3) is 4.66. The van der Waals surface area contributed by atoms with Gasteiger partial charge in [0.15, 0.2) is 0 Å². The van der Waals surface area contributed by atoms with Crippen LogP contribution in [0, 0.1) is 6.92 Å². The van der Waals surface area contributed by atoms with Gasteiger partial charge < -0.3 is 10.6 Å². The first-order valence-corrected chi connectivity index (χ1v) is 11.3.